The third kappa shape index (κ3) is 3.21. The van der Waals surface area contributed by atoms with Gasteiger partial charge in [-0.15, -0.1) is 0 Å². The molecule has 0 bridgehead atoms. The molecule has 0 aromatic heterocycles. The van der Waals surface area contributed by atoms with Crippen LogP contribution in [0.3, 0.4) is 0 Å². The van der Waals surface area contributed by atoms with E-state index in [-0.39, 0.29) is 6.09 Å². The summed E-state index contributed by atoms with van der Waals surface area (Å²) in [5, 5.41) is 13.3. The van der Waals surface area contributed by atoms with Crippen LogP contribution in [0.2, 0.25) is 0 Å². The van der Waals surface area contributed by atoms with Crippen molar-refractivity contribution in [3.05, 3.63) is 41.6 Å². The van der Waals surface area contributed by atoms with Gasteiger partial charge in [-0.05, 0) is 18.6 Å². The molecule has 24 heavy (non-hydrogen) atoms. The standard InChI is InChI=1S/C17H21N3O4/c1-2-24-17(23)18-7-9-19(10-8-18)20-12-14(16(21)22)11-13-5-3-4-6-15(13)20/h3-6,12H,2,7-11H2,1H3,(H,21,22). The lowest BCUT2D eigenvalue weighted by Gasteiger charge is -2.42. The molecule has 2 aliphatic rings. The van der Waals surface area contributed by atoms with E-state index in [1.807, 2.05) is 29.3 Å². The first-order chi connectivity index (χ1) is 11.6. The number of amides is 1. The second-order valence-electron chi connectivity index (χ2n) is 5.75. The molecule has 1 aromatic rings. The molecule has 128 valence electrons. The Labute approximate surface area is 140 Å². The summed E-state index contributed by atoms with van der Waals surface area (Å²) in [5.41, 5.74) is 2.35. The Kier molecular flexibility index (Phi) is 4.71. The number of anilines is 1. The maximum atomic E-state index is 11.8. The van der Waals surface area contributed by atoms with Gasteiger partial charge in [-0.1, -0.05) is 18.2 Å². The molecule has 1 saturated heterocycles. The molecular weight excluding hydrogens is 310 g/mol. The summed E-state index contributed by atoms with van der Waals surface area (Å²) >= 11 is 0. The summed E-state index contributed by atoms with van der Waals surface area (Å²) in [6.45, 7) is 4.49. The number of ether oxygens (including phenoxy) is 1. The average Bonchev–Trinajstić information content (AvgIpc) is 2.61. The number of carboxylic acids is 1. The highest BCUT2D eigenvalue weighted by atomic mass is 16.6. The van der Waals surface area contributed by atoms with Crippen LogP contribution in [-0.2, 0) is 16.0 Å². The first kappa shape index (κ1) is 16.3. The van der Waals surface area contributed by atoms with Crippen molar-refractivity contribution in [2.75, 3.05) is 37.8 Å². The van der Waals surface area contributed by atoms with Gasteiger partial charge in [-0.3, -0.25) is 5.01 Å². The number of hydrazine groups is 1. The van der Waals surface area contributed by atoms with Crippen LogP contribution in [0.25, 0.3) is 0 Å². The molecule has 1 N–H and O–H groups in total. The van der Waals surface area contributed by atoms with E-state index in [1.54, 1.807) is 18.0 Å². The summed E-state index contributed by atoms with van der Waals surface area (Å²) in [7, 11) is 0. The smallest absolute Gasteiger partial charge is 0.409 e. The Morgan fingerprint density at radius 2 is 1.88 bits per heavy atom. The van der Waals surface area contributed by atoms with Crippen LogP contribution >= 0.6 is 0 Å². The summed E-state index contributed by atoms with van der Waals surface area (Å²) in [6.07, 6.45) is 1.81. The first-order valence-corrected chi connectivity index (χ1v) is 8.08. The molecule has 0 aliphatic carbocycles. The van der Waals surface area contributed by atoms with Crippen molar-refractivity contribution in [2.45, 2.75) is 13.3 Å². The molecule has 7 heteroatoms. The van der Waals surface area contributed by atoms with Crippen molar-refractivity contribution in [3.8, 4) is 0 Å². The van der Waals surface area contributed by atoms with Gasteiger partial charge >= 0.3 is 12.1 Å². The van der Waals surface area contributed by atoms with Crippen molar-refractivity contribution in [1.29, 1.82) is 0 Å². The number of fused-ring (bicyclic) bond motifs is 1. The van der Waals surface area contributed by atoms with Gasteiger partial charge in [-0.2, -0.15) is 0 Å². The number of carboxylic acid groups (broad SMARTS) is 1. The van der Waals surface area contributed by atoms with Crippen LogP contribution in [0.1, 0.15) is 12.5 Å². The quantitative estimate of drug-likeness (QED) is 0.909. The van der Waals surface area contributed by atoms with E-state index in [1.165, 1.54) is 0 Å². The third-order valence-electron chi connectivity index (χ3n) is 4.26. The fraction of sp³-hybridized carbons (Fsp3) is 0.412. The number of benzene rings is 1. The topological polar surface area (TPSA) is 73.3 Å². The van der Waals surface area contributed by atoms with Gasteiger partial charge in [-0.25, -0.2) is 14.6 Å². The lowest BCUT2D eigenvalue weighted by Crippen LogP contribution is -2.54. The number of hydrogen-bond donors (Lipinski definition) is 1. The second kappa shape index (κ2) is 6.92. The summed E-state index contributed by atoms with van der Waals surface area (Å²) in [5.74, 6) is -0.903. The van der Waals surface area contributed by atoms with E-state index < -0.39 is 5.97 Å². The lowest BCUT2D eigenvalue weighted by molar-refractivity contribution is -0.132. The van der Waals surface area contributed by atoms with Crippen molar-refractivity contribution in [2.24, 2.45) is 0 Å². The number of carbonyl (C=O) groups is 2. The van der Waals surface area contributed by atoms with Crippen LogP contribution < -0.4 is 5.01 Å². The second-order valence-corrected chi connectivity index (χ2v) is 5.75. The van der Waals surface area contributed by atoms with Gasteiger partial charge in [0.1, 0.15) is 0 Å². The normalized spacial score (nSPS) is 18.0. The van der Waals surface area contributed by atoms with Crippen LogP contribution in [0.4, 0.5) is 10.5 Å². The van der Waals surface area contributed by atoms with Crippen molar-refractivity contribution in [3.63, 3.8) is 0 Å². The molecule has 7 nitrogen and oxygen atoms in total. The zero-order valence-electron chi connectivity index (χ0n) is 13.6. The van der Waals surface area contributed by atoms with Crippen LogP contribution in [0, 0.1) is 0 Å². The molecule has 0 atom stereocenters. The highest BCUT2D eigenvalue weighted by molar-refractivity contribution is 5.89. The monoisotopic (exact) mass is 331 g/mol. The number of aliphatic carboxylic acids is 1. The van der Waals surface area contributed by atoms with E-state index in [2.05, 4.69) is 5.01 Å². The first-order valence-electron chi connectivity index (χ1n) is 8.08. The van der Waals surface area contributed by atoms with Gasteiger partial charge in [0, 0.05) is 38.8 Å². The van der Waals surface area contributed by atoms with Gasteiger partial charge in [0.2, 0.25) is 0 Å². The molecule has 0 spiro atoms. The Bertz CT molecular complexity index is 666. The van der Waals surface area contributed by atoms with Crippen molar-refractivity contribution >= 4 is 17.7 Å². The summed E-state index contributed by atoms with van der Waals surface area (Å²) in [4.78, 5) is 24.9. The molecular formula is C17H21N3O4. The molecule has 0 radical (unpaired) electrons. The van der Waals surface area contributed by atoms with Gasteiger partial charge < -0.3 is 14.7 Å². The minimum absolute atomic E-state index is 0.294. The van der Waals surface area contributed by atoms with Gasteiger partial charge in [0.05, 0.1) is 17.9 Å². The van der Waals surface area contributed by atoms with E-state index >= 15 is 0 Å². The number of nitrogens with zero attached hydrogens (tertiary/aromatic N) is 3. The number of piperazine rings is 1. The number of carbonyl (C=O) groups excluding carboxylic acids is 1. The largest absolute Gasteiger partial charge is 0.478 e. The Balaban J connectivity index is 1.77. The highest BCUT2D eigenvalue weighted by Gasteiger charge is 2.29. The summed E-state index contributed by atoms with van der Waals surface area (Å²) < 4.78 is 5.03. The molecule has 0 unspecified atom stereocenters. The SMILES string of the molecule is CCOC(=O)N1CCN(N2C=C(C(=O)O)Cc3ccccc32)CC1. The number of hydrogen-bond acceptors (Lipinski definition) is 5. The predicted octanol–water partition coefficient (Wildman–Crippen LogP) is 1.71. The Morgan fingerprint density at radius 3 is 2.54 bits per heavy atom. The molecule has 1 aromatic carbocycles. The van der Waals surface area contributed by atoms with E-state index in [0.29, 0.717) is 44.8 Å². The fourth-order valence-corrected chi connectivity index (χ4v) is 3.03. The molecule has 3 rings (SSSR count). The summed E-state index contributed by atoms with van der Waals surface area (Å²) in [6, 6.07) is 7.80. The average molecular weight is 331 g/mol. The number of rotatable bonds is 3. The maximum absolute atomic E-state index is 11.8. The van der Waals surface area contributed by atoms with E-state index in [0.717, 1.165) is 11.3 Å². The zero-order valence-corrected chi connectivity index (χ0v) is 13.6. The molecule has 2 aliphatic heterocycles. The maximum Gasteiger partial charge on any atom is 0.409 e. The van der Waals surface area contributed by atoms with Crippen LogP contribution in [0.5, 0.6) is 0 Å². The van der Waals surface area contributed by atoms with Crippen LogP contribution in [0.15, 0.2) is 36.0 Å². The fourth-order valence-electron chi connectivity index (χ4n) is 3.03. The molecule has 1 fully saturated rings. The van der Waals surface area contributed by atoms with Gasteiger partial charge in [0.25, 0.3) is 0 Å². The van der Waals surface area contributed by atoms with Crippen LogP contribution in [-0.4, -0.2) is 59.9 Å². The minimum Gasteiger partial charge on any atom is -0.478 e. The minimum atomic E-state index is -0.903. The van der Waals surface area contributed by atoms with E-state index in [4.69, 9.17) is 4.74 Å². The van der Waals surface area contributed by atoms with Gasteiger partial charge in [0.15, 0.2) is 0 Å². The molecule has 0 saturated carbocycles. The van der Waals surface area contributed by atoms with Crippen molar-refractivity contribution in [1.82, 2.24) is 9.91 Å². The lowest BCUT2D eigenvalue weighted by atomic mass is 10.0. The Hall–Kier alpha value is -2.54. The highest BCUT2D eigenvalue weighted by Crippen LogP contribution is 2.30. The molecule has 1 amide bonds. The van der Waals surface area contributed by atoms with E-state index in [9.17, 15) is 14.7 Å². The number of para-hydroxylation sites is 1. The van der Waals surface area contributed by atoms with Crippen molar-refractivity contribution < 1.29 is 19.4 Å². The Morgan fingerprint density at radius 1 is 1.17 bits per heavy atom. The molecule has 2 heterocycles. The zero-order chi connectivity index (χ0) is 17.1. The predicted molar refractivity (Wildman–Crippen MR) is 88.5 cm³/mol. The third-order valence-corrected chi connectivity index (χ3v) is 4.26.